The standard InChI is InChI=1S/C12H23N5OS/c1-5-14-12-15-10(13)9(19-12)11(18)17(4)8-6-7-16(2)3/h5-8,13H2,1-4H3,(H,14,15). The van der Waals surface area contributed by atoms with Crippen LogP contribution in [-0.2, 0) is 0 Å². The van der Waals surface area contributed by atoms with Gasteiger partial charge in [0.2, 0.25) is 0 Å². The van der Waals surface area contributed by atoms with Crippen LogP contribution in [-0.4, -0.2) is 61.5 Å². The highest BCUT2D eigenvalue weighted by Gasteiger charge is 2.19. The van der Waals surface area contributed by atoms with Gasteiger partial charge >= 0.3 is 0 Å². The van der Waals surface area contributed by atoms with Gasteiger partial charge in [0.1, 0.15) is 10.7 Å². The van der Waals surface area contributed by atoms with Crippen molar-refractivity contribution < 1.29 is 4.79 Å². The number of aromatic nitrogens is 1. The van der Waals surface area contributed by atoms with Crippen LogP contribution >= 0.6 is 11.3 Å². The van der Waals surface area contributed by atoms with Crippen molar-refractivity contribution in [2.45, 2.75) is 13.3 Å². The van der Waals surface area contributed by atoms with E-state index in [-0.39, 0.29) is 5.91 Å². The first-order chi connectivity index (χ1) is 8.95. The second-order valence-corrected chi connectivity index (χ2v) is 5.65. The Balaban J connectivity index is 2.60. The van der Waals surface area contributed by atoms with Crippen LogP contribution in [0.25, 0.3) is 0 Å². The SMILES string of the molecule is CCNc1nc(N)c(C(=O)N(C)CCCN(C)C)s1. The van der Waals surface area contributed by atoms with E-state index >= 15 is 0 Å². The molecule has 1 aromatic heterocycles. The van der Waals surface area contributed by atoms with E-state index in [0.29, 0.717) is 22.4 Å². The Kier molecular flexibility index (Phi) is 6.04. The molecule has 1 heterocycles. The van der Waals surface area contributed by atoms with E-state index in [1.54, 1.807) is 11.9 Å². The highest BCUT2D eigenvalue weighted by molar-refractivity contribution is 7.18. The van der Waals surface area contributed by atoms with Gasteiger partial charge in [0.25, 0.3) is 5.91 Å². The van der Waals surface area contributed by atoms with Gasteiger partial charge in [-0.1, -0.05) is 11.3 Å². The molecule has 6 nitrogen and oxygen atoms in total. The summed E-state index contributed by atoms with van der Waals surface area (Å²) in [6.07, 6.45) is 0.939. The first-order valence-electron chi connectivity index (χ1n) is 6.36. The smallest absolute Gasteiger partial charge is 0.267 e. The lowest BCUT2D eigenvalue weighted by molar-refractivity contribution is 0.0796. The maximum Gasteiger partial charge on any atom is 0.267 e. The molecule has 0 aliphatic heterocycles. The maximum absolute atomic E-state index is 12.2. The van der Waals surface area contributed by atoms with E-state index in [9.17, 15) is 4.79 Å². The molecule has 0 bridgehead atoms. The van der Waals surface area contributed by atoms with Gasteiger partial charge in [-0.2, -0.15) is 0 Å². The summed E-state index contributed by atoms with van der Waals surface area (Å²) < 4.78 is 0. The molecule has 0 spiro atoms. The summed E-state index contributed by atoms with van der Waals surface area (Å²) in [4.78, 5) is 20.7. The third kappa shape index (κ3) is 4.68. The molecule has 1 amide bonds. The molecular formula is C12H23N5OS. The fourth-order valence-corrected chi connectivity index (χ4v) is 2.56. The van der Waals surface area contributed by atoms with E-state index in [1.807, 2.05) is 21.0 Å². The fraction of sp³-hybridized carbons (Fsp3) is 0.667. The lowest BCUT2D eigenvalue weighted by atomic mass is 10.3. The lowest BCUT2D eigenvalue weighted by Gasteiger charge is -2.17. The fourth-order valence-electron chi connectivity index (χ4n) is 1.61. The van der Waals surface area contributed by atoms with Crippen LogP contribution in [0.1, 0.15) is 23.0 Å². The number of hydrogen-bond acceptors (Lipinski definition) is 6. The van der Waals surface area contributed by atoms with Gasteiger partial charge in [0.15, 0.2) is 5.13 Å². The number of rotatable bonds is 7. The number of nitrogens with two attached hydrogens (primary N) is 1. The number of nitrogen functional groups attached to an aromatic ring is 1. The number of hydrogen-bond donors (Lipinski definition) is 2. The Morgan fingerprint density at radius 2 is 2.05 bits per heavy atom. The molecule has 0 atom stereocenters. The quantitative estimate of drug-likeness (QED) is 0.787. The second kappa shape index (κ2) is 7.30. The van der Waals surface area contributed by atoms with E-state index in [2.05, 4.69) is 15.2 Å². The van der Waals surface area contributed by atoms with Crippen molar-refractivity contribution in [3.05, 3.63) is 4.88 Å². The number of carbonyl (C=O) groups excluding carboxylic acids is 1. The maximum atomic E-state index is 12.2. The molecule has 7 heteroatoms. The van der Waals surface area contributed by atoms with Crippen molar-refractivity contribution in [3.63, 3.8) is 0 Å². The Morgan fingerprint density at radius 1 is 1.37 bits per heavy atom. The summed E-state index contributed by atoms with van der Waals surface area (Å²) in [5, 5.41) is 3.77. The number of anilines is 2. The average Bonchev–Trinajstić information content (AvgIpc) is 2.69. The van der Waals surface area contributed by atoms with Crippen molar-refractivity contribution in [3.8, 4) is 0 Å². The summed E-state index contributed by atoms with van der Waals surface area (Å²) in [5.74, 6) is 0.253. The summed E-state index contributed by atoms with van der Waals surface area (Å²) in [6.45, 7) is 4.41. The van der Waals surface area contributed by atoms with Crippen molar-refractivity contribution in [1.82, 2.24) is 14.8 Å². The zero-order chi connectivity index (χ0) is 14.4. The lowest BCUT2D eigenvalue weighted by Crippen LogP contribution is -2.29. The Labute approximate surface area is 118 Å². The third-order valence-corrected chi connectivity index (χ3v) is 3.64. The molecule has 0 aromatic carbocycles. The van der Waals surface area contributed by atoms with Crippen molar-refractivity contribution >= 4 is 28.2 Å². The largest absolute Gasteiger partial charge is 0.382 e. The Bertz CT molecular complexity index is 418. The summed E-state index contributed by atoms with van der Waals surface area (Å²) >= 11 is 1.31. The first-order valence-corrected chi connectivity index (χ1v) is 7.17. The van der Waals surface area contributed by atoms with E-state index in [0.717, 1.165) is 19.5 Å². The summed E-state index contributed by atoms with van der Waals surface area (Å²) in [7, 11) is 5.83. The van der Waals surface area contributed by atoms with Crippen molar-refractivity contribution in [2.75, 3.05) is 51.8 Å². The zero-order valence-corrected chi connectivity index (χ0v) is 12.9. The third-order valence-electron chi connectivity index (χ3n) is 2.62. The van der Waals surface area contributed by atoms with Gasteiger partial charge in [-0.05, 0) is 34.0 Å². The average molecular weight is 285 g/mol. The number of nitrogens with zero attached hydrogens (tertiary/aromatic N) is 3. The molecule has 0 fully saturated rings. The van der Waals surface area contributed by atoms with Crippen LogP contribution in [0.4, 0.5) is 10.9 Å². The number of thiazole rings is 1. The molecule has 0 aliphatic carbocycles. The van der Waals surface area contributed by atoms with Gasteiger partial charge in [0, 0.05) is 20.1 Å². The van der Waals surface area contributed by atoms with Gasteiger partial charge in [0.05, 0.1) is 0 Å². The Hall–Kier alpha value is -1.34. The monoisotopic (exact) mass is 285 g/mol. The predicted molar refractivity (Wildman–Crippen MR) is 80.8 cm³/mol. The van der Waals surface area contributed by atoms with Gasteiger partial charge in [-0.25, -0.2) is 4.98 Å². The van der Waals surface area contributed by atoms with Crippen LogP contribution in [0, 0.1) is 0 Å². The molecule has 1 aromatic rings. The number of nitrogens with one attached hydrogen (secondary N) is 1. The van der Waals surface area contributed by atoms with Crippen LogP contribution in [0.5, 0.6) is 0 Å². The minimum Gasteiger partial charge on any atom is -0.382 e. The minimum absolute atomic E-state index is 0.0575. The summed E-state index contributed by atoms with van der Waals surface area (Å²) in [5.41, 5.74) is 5.79. The molecule has 0 radical (unpaired) electrons. The molecule has 0 aliphatic rings. The van der Waals surface area contributed by atoms with E-state index < -0.39 is 0 Å². The molecule has 0 unspecified atom stereocenters. The van der Waals surface area contributed by atoms with E-state index in [4.69, 9.17) is 5.73 Å². The topological polar surface area (TPSA) is 74.5 Å². The Morgan fingerprint density at radius 3 is 2.63 bits per heavy atom. The highest BCUT2D eigenvalue weighted by atomic mass is 32.1. The van der Waals surface area contributed by atoms with Crippen LogP contribution < -0.4 is 11.1 Å². The molecule has 0 saturated carbocycles. The second-order valence-electron chi connectivity index (χ2n) is 4.65. The zero-order valence-electron chi connectivity index (χ0n) is 12.1. The molecule has 1 rings (SSSR count). The first kappa shape index (κ1) is 15.7. The van der Waals surface area contributed by atoms with Crippen LogP contribution in [0.2, 0.25) is 0 Å². The number of amides is 1. The van der Waals surface area contributed by atoms with Crippen molar-refractivity contribution in [1.29, 1.82) is 0 Å². The minimum atomic E-state index is -0.0575. The van der Waals surface area contributed by atoms with Gasteiger partial charge in [-0.15, -0.1) is 0 Å². The van der Waals surface area contributed by atoms with Crippen LogP contribution in [0.3, 0.4) is 0 Å². The highest BCUT2D eigenvalue weighted by Crippen LogP contribution is 2.25. The molecule has 3 N–H and O–H groups in total. The molecular weight excluding hydrogens is 262 g/mol. The van der Waals surface area contributed by atoms with Crippen LogP contribution in [0.15, 0.2) is 0 Å². The number of carbonyl (C=O) groups is 1. The normalized spacial score (nSPS) is 10.8. The molecule has 19 heavy (non-hydrogen) atoms. The van der Waals surface area contributed by atoms with Gasteiger partial charge < -0.3 is 20.9 Å². The summed E-state index contributed by atoms with van der Waals surface area (Å²) in [6, 6.07) is 0. The molecule has 108 valence electrons. The van der Waals surface area contributed by atoms with E-state index in [1.165, 1.54) is 11.3 Å². The van der Waals surface area contributed by atoms with Crippen molar-refractivity contribution in [2.24, 2.45) is 0 Å². The van der Waals surface area contributed by atoms with Gasteiger partial charge in [-0.3, -0.25) is 4.79 Å². The molecule has 0 saturated heterocycles. The predicted octanol–water partition coefficient (Wildman–Crippen LogP) is 1.18.